The SMILES string of the molecule is CCCOC(=O)c1cc2c(cc1N)OCCO2. The maximum absolute atomic E-state index is 11.7. The van der Waals surface area contributed by atoms with Crippen molar-refractivity contribution in [3.63, 3.8) is 0 Å². The number of hydrogen-bond donors (Lipinski definition) is 1. The van der Waals surface area contributed by atoms with Crippen LogP contribution >= 0.6 is 0 Å². The fourth-order valence-corrected chi connectivity index (χ4v) is 1.55. The van der Waals surface area contributed by atoms with E-state index in [0.717, 1.165) is 6.42 Å². The molecule has 1 heterocycles. The van der Waals surface area contributed by atoms with Crippen LogP contribution in [0.5, 0.6) is 11.5 Å². The van der Waals surface area contributed by atoms with E-state index >= 15 is 0 Å². The third-order valence-corrected chi connectivity index (χ3v) is 2.37. The summed E-state index contributed by atoms with van der Waals surface area (Å²) >= 11 is 0. The molecule has 0 atom stereocenters. The maximum atomic E-state index is 11.7. The van der Waals surface area contributed by atoms with Crippen molar-refractivity contribution >= 4 is 11.7 Å². The van der Waals surface area contributed by atoms with Crippen LogP contribution in [0.4, 0.5) is 5.69 Å². The Bertz CT molecular complexity index is 431. The zero-order chi connectivity index (χ0) is 12.3. The molecule has 5 nitrogen and oxygen atoms in total. The van der Waals surface area contributed by atoms with E-state index in [4.69, 9.17) is 19.9 Å². The van der Waals surface area contributed by atoms with Gasteiger partial charge in [0, 0.05) is 12.1 Å². The summed E-state index contributed by atoms with van der Waals surface area (Å²) in [6.07, 6.45) is 0.774. The summed E-state index contributed by atoms with van der Waals surface area (Å²) in [5.74, 6) is 0.677. The Balaban J connectivity index is 2.25. The molecule has 2 rings (SSSR count). The standard InChI is InChI=1S/C12H15NO4/c1-2-3-17-12(14)8-6-10-11(7-9(8)13)16-5-4-15-10/h6-7H,2-5,13H2,1H3. The second-order valence-corrected chi connectivity index (χ2v) is 3.72. The van der Waals surface area contributed by atoms with Gasteiger partial charge in [0.1, 0.15) is 13.2 Å². The zero-order valence-electron chi connectivity index (χ0n) is 9.69. The molecule has 0 aliphatic carbocycles. The molecule has 0 fully saturated rings. The average molecular weight is 237 g/mol. The fourth-order valence-electron chi connectivity index (χ4n) is 1.55. The van der Waals surface area contributed by atoms with Crippen LogP contribution < -0.4 is 15.2 Å². The lowest BCUT2D eigenvalue weighted by Gasteiger charge is -2.19. The van der Waals surface area contributed by atoms with Gasteiger partial charge >= 0.3 is 5.97 Å². The summed E-state index contributed by atoms with van der Waals surface area (Å²) in [5.41, 5.74) is 6.45. The Morgan fingerprint density at radius 1 is 1.35 bits per heavy atom. The van der Waals surface area contributed by atoms with E-state index in [0.29, 0.717) is 42.6 Å². The minimum atomic E-state index is -0.429. The van der Waals surface area contributed by atoms with Crippen molar-refractivity contribution in [1.29, 1.82) is 0 Å². The first-order chi connectivity index (χ1) is 8.22. The van der Waals surface area contributed by atoms with E-state index in [9.17, 15) is 4.79 Å². The van der Waals surface area contributed by atoms with Crippen molar-refractivity contribution in [2.75, 3.05) is 25.6 Å². The molecule has 0 unspecified atom stereocenters. The predicted octanol–water partition coefficient (Wildman–Crippen LogP) is 1.61. The number of esters is 1. The molecule has 0 amide bonds. The molecule has 0 saturated heterocycles. The Morgan fingerprint density at radius 2 is 2.00 bits per heavy atom. The molecule has 92 valence electrons. The van der Waals surface area contributed by atoms with Gasteiger partial charge in [-0.05, 0) is 6.42 Å². The van der Waals surface area contributed by atoms with Crippen LogP contribution in [-0.4, -0.2) is 25.8 Å². The van der Waals surface area contributed by atoms with Crippen molar-refractivity contribution < 1.29 is 19.0 Å². The molecule has 2 N–H and O–H groups in total. The largest absolute Gasteiger partial charge is 0.486 e. The van der Waals surface area contributed by atoms with Gasteiger partial charge < -0.3 is 19.9 Å². The highest BCUT2D eigenvalue weighted by Crippen LogP contribution is 2.34. The van der Waals surface area contributed by atoms with Crippen LogP contribution in [0.15, 0.2) is 12.1 Å². The van der Waals surface area contributed by atoms with Crippen LogP contribution in [0, 0.1) is 0 Å². The third kappa shape index (κ3) is 2.43. The Labute approximate surface area is 99.5 Å². The van der Waals surface area contributed by atoms with Gasteiger partial charge in [0.05, 0.1) is 17.9 Å². The second kappa shape index (κ2) is 4.95. The fraction of sp³-hybridized carbons (Fsp3) is 0.417. The van der Waals surface area contributed by atoms with E-state index in [-0.39, 0.29) is 0 Å². The lowest BCUT2D eigenvalue weighted by molar-refractivity contribution is 0.0505. The average Bonchev–Trinajstić information content (AvgIpc) is 2.35. The number of benzene rings is 1. The molecule has 0 bridgehead atoms. The van der Waals surface area contributed by atoms with Crippen LogP contribution in [0.3, 0.4) is 0 Å². The number of carbonyl (C=O) groups is 1. The molecule has 1 aliphatic rings. The zero-order valence-corrected chi connectivity index (χ0v) is 9.69. The molecular weight excluding hydrogens is 222 g/mol. The van der Waals surface area contributed by atoms with Gasteiger partial charge in [-0.15, -0.1) is 0 Å². The molecule has 1 aromatic carbocycles. The van der Waals surface area contributed by atoms with E-state index < -0.39 is 5.97 Å². The normalized spacial score (nSPS) is 13.2. The Morgan fingerprint density at radius 3 is 2.65 bits per heavy atom. The topological polar surface area (TPSA) is 70.8 Å². The van der Waals surface area contributed by atoms with Crippen molar-refractivity contribution in [3.05, 3.63) is 17.7 Å². The highest BCUT2D eigenvalue weighted by atomic mass is 16.6. The lowest BCUT2D eigenvalue weighted by Crippen LogP contribution is -2.17. The van der Waals surface area contributed by atoms with E-state index in [1.54, 1.807) is 12.1 Å². The first kappa shape index (κ1) is 11.6. The number of hydrogen-bond acceptors (Lipinski definition) is 5. The van der Waals surface area contributed by atoms with Crippen LogP contribution in [0.1, 0.15) is 23.7 Å². The molecular formula is C12H15NO4. The molecule has 0 radical (unpaired) electrons. The summed E-state index contributed by atoms with van der Waals surface area (Å²) in [5, 5.41) is 0. The first-order valence-electron chi connectivity index (χ1n) is 5.58. The number of nitrogens with two attached hydrogens (primary N) is 1. The molecule has 0 aromatic heterocycles. The van der Waals surface area contributed by atoms with Crippen LogP contribution in [0.25, 0.3) is 0 Å². The van der Waals surface area contributed by atoms with Gasteiger partial charge in [0.15, 0.2) is 11.5 Å². The third-order valence-electron chi connectivity index (χ3n) is 2.37. The smallest absolute Gasteiger partial charge is 0.340 e. The monoisotopic (exact) mass is 237 g/mol. The Hall–Kier alpha value is -1.91. The van der Waals surface area contributed by atoms with Gasteiger partial charge in [-0.25, -0.2) is 4.79 Å². The van der Waals surface area contributed by atoms with Gasteiger partial charge in [-0.2, -0.15) is 0 Å². The van der Waals surface area contributed by atoms with Gasteiger partial charge in [0.2, 0.25) is 0 Å². The minimum absolute atomic E-state index is 0.322. The van der Waals surface area contributed by atoms with E-state index in [1.165, 1.54) is 0 Å². The summed E-state index contributed by atoms with van der Waals surface area (Å²) in [7, 11) is 0. The van der Waals surface area contributed by atoms with Crippen molar-refractivity contribution in [2.24, 2.45) is 0 Å². The van der Waals surface area contributed by atoms with E-state index in [2.05, 4.69) is 0 Å². The van der Waals surface area contributed by atoms with Gasteiger partial charge in [-0.3, -0.25) is 0 Å². The van der Waals surface area contributed by atoms with Crippen molar-refractivity contribution in [3.8, 4) is 11.5 Å². The molecule has 1 aromatic rings. The first-order valence-corrected chi connectivity index (χ1v) is 5.58. The molecule has 5 heteroatoms. The lowest BCUT2D eigenvalue weighted by atomic mass is 10.1. The highest BCUT2D eigenvalue weighted by molar-refractivity contribution is 5.96. The Kier molecular flexibility index (Phi) is 3.37. The van der Waals surface area contributed by atoms with E-state index in [1.807, 2.05) is 6.92 Å². The molecule has 1 aliphatic heterocycles. The predicted molar refractivity (Wildman–Crippen MR) is 62.4 cm³/mol. The van der Waals surface area contributed by atoms with Crippen LogP contribution in [0.2, 0.25) is 0 Å². The molecule has 0 saturated carbocycles. The number of nitrogen functional groups attached to an aromatic ring is 1. The summed E-state index contributed by atoms with van der Waals surface area (Å²) in [6.45, 7) is 3.28. The van der Waals surface area contributed by atoms with Crippen LogP contribution in [-0.2, 0) is 4.74 Å². The maximum Gasteiger partial charge on any atom is 0.340 e. The van der Waals surface area contributed by atoms with Crippen molar-refractivity contribution in [1.82, 2.24) is 0 Å². The summed E-state index contributed by atoms with van der Waals surface area (Å²) in [4.78, 5) is 11.7. The molecule has 0 spiro atoms. The number of anilines is 1. The summed E-state index contributed by atoms with van der Waals surface area (Å²) < 4.78 is 15.8. The van der Waals surface area contributed by atoms with Crippen molar-refractivity contribution in [2.45, 2.75) is 13.3 Å². The van der Waals surface area contributed by atoms with Gasteiger partial charge in [-0.1, -0.05) is 6.92 Å². The number of carbonyl (C=O) groups excluding carboxylic acids is 1. The number of fused-ring (bicyclic) bond motifs is 1. The molecule has 17 heavy (non-hydrogen) atoms. The number of rotatable bonds is 3. The number of ether oxygens (including phenoxy) is 3. The quantitative estimate of drug-likeness (QED) is 0.638. The summed E-state index contributed by atoms with van der Waals surface area (Å²) in [6, 6.07) is 3.17. The minimum Gasteiger partial charge on any atom is -0.486 e. The second-order valence-electron chi connectivity index (χ2n) is 3.72. The van der Waals surface area contributed by atoms with Gasteiger partial charge in [0.25, 0.3) is 0 Å². The highest BCUT2D eigenvalue weighted by Gasteiger charge is 2.19.